The first-order chi connectivity index (χ1) is 8.89. The molecule has 4 nitrogen and oxygen atoms in total. The van der Waals surface area contributed by atoms with Gasteiger partial charge < -0.3 is 10.2 Å². The molecule has 2 unspecified atom stereocenters. The number of hydrogen-bond donors (Lipinski definition) is 1. The summed E-state index contributed by atoms with van der Waals surface area (Å²) in [4.78, 5) is 15.2. The zero-order chi connectivity index (χ0) is 14.0. The molecule has 0 aliphatic carbocycles. The van der Waals surface area contributed by atoms with Gasteiger partial charge in [0.25, 0.3) is 0 Å². The van der Waals surface area contributed by atoms with Crippen LogP contribution in [0.4, 0.5) is 13.2 Å². The van der Waals surface area contributed by atoms with Gasteiger partial charge >= 0.3 is 6.18 Å². The molecular weight excluding hydrogens is 259 g/mol. The van der Waals surface area contributed by atoms with E-state index in [1.807, 2.05) is 0 Å². The van der Waals surface area contributed by atoms with Crippen LogP contribution in [0.5, 0.6) is 0 Å². The van der Waals surface area contributed by atoms with Crippen LogP contribution >= 0.6 is 0 Å². The Kier molecular flexibility index (Phi) is 4.35. The molecule has 2 fully saturated rings. The highest BCUT2D eigenvalue weighted by Gasteiger charge is 2.41. The number of alkyl halides is 3. The van der Waals surface area contributed by atoms with E-state index >= 15 is 0 Å². The van der Waals surface area contributed by atoms with Crippen LogP contribution < -0.4 is 5.32 Å². The molecule has 19 heavy (non-hydrogen) atoms. The molecule has 2 atom stereocenters. The van der Waals surface area contributed by atoms with Crippen molar-refractivity contribution in [3.8, 4) is 0 Å². The Morgan fingerprint density at radius 1 is 1.26 bits per heavy atom. The quantitative estimate of drug-likeness (QED) is 0.813. The second kappa shape index (κ2) is 5.66. The molecule has 2 heterocycles. The maximum atomic E-state index is 12.6. The predicted molar refractivity (Wildman–Crippen MR) is 64.7 cm³/mol. The first-order valence-electron chi connectivity index (χ1n) is 6.72. The number of hydrogen-bond acceptors (Lipinski definition) is 3. The topological polar surface area (TPSA) is 35.6 Å². The van der Waals surface area contributed by atoms with Crippen LogP contribution in [0, 0.1) is 0 Å². The zero-order valence-corrected chi connectivity index (χ0v) is 11.0. The SMILES string of the molecule is CC(N1CCN(C(=O)C2CCCN2)CC1)C(F)(F)F. The largest absolute Gasteiger partial charge is 0.403 e. The van der Waals surface area contributed by atoms with Gasteiger partial charge in [-0.15, -0.1) is 0 Å². The molecule has 0 aromatic carbocycles. The molecule has 7 heteroatoms. The lowest BCUT2D eigenvalue weighted by Gasteiger charge is -2.39. The fraction of sp³-hybridized carbons (Fsp3) is 0.917. The van der Waals surface area contributed by atoms with Crippen LogP contribution in [0.15, 0.2) is 0 Å². The highest BCUT2D eigenvalue weighted by atomic mass is 19.4. The van der Waals surface area contributed by atoms with Gasteiger partial charge in [0.2, 0.25) is 5.91 Å². The number of rotatable bonds is 2. The van der Waals surface area contributed by atoms with E-state index < -0.39 is 12.2 Å². The Hall–Kier alpha value is -0.820. The number of amides is 1. The molecule has 2 saturated heterocycles. The van der Waals surface area contributed by atoms with Crippen molar-refractivity contribution in [2.75, 3.05) is 32.7 Å². The summed E-state index contributed by atoms with van der Waals surface area (Å²) in [6.07, 6.45) is -2.38. The van der Waals surface area contributed by atoms with E-state index in [4.69, 9.17) is 0 Å². The van der Waals surface area contributed by atoms with Crippen molar-refractivity contribution in [3.63, 3.8) is 0 Å². The average Bonchev–Trinajstić information content (AvgIpc) is 2.90. The van der Waals surface area contributed by atoms with Crippen molar-refractivity contribution in [3.05, 3.63) is 0 Å². The number of halogens is 3. The molecule has 1 N–H and O–H groups in total. The van der Waals surface area contributed by atoms with E-state index in [2.05, 4.69) is 5.32 Å². The molecule has 2 aliphatic rings. The molecule has 0 spiro atoms. The first-order valence-corrected chi connectivity index (χ1v) is 6.72. The maximum Gasteiger partial charge on any atom is 0.403 e. The molecule has 0 aromatic heterocycles. The second-order valence-electron chi connectivity index (χ2n) is 5.23. The minimum Gasteiger partial charge on any atom is -0.339 e. The Morgan fingerprint density at radius 3 is 2.37 bits per heavy atom. The fourth-order valence-electron chi connectivity index (χ4n) is 2.65. The summed E-state index contributed by atoms with van der Waals surface area (Å²) in [5.74, 6) is 0.0387. The summed E-state index contributed by atoms with van der Waals surface area (Å²) in [7, 11) is 0. The summed E-state index contributed by atoms with van der Waals surface area (Å²) in [5, 5.41) is 3.13. The third kappa shape index (κ3) is 3.39. The van der Waals surface area contributed by atoms with Crippen LogP contribution in [0.2, 0.25) is 0 Å². The number of nitrogens with one attached hydrogen (secondary N) is 1. The van der Waals surface area contributed by atoms with Gasteiger partial charge in [-0.1, -0.05) is 0 Å². The number of carbonyl (C=O) groups is 1. The molecule has 2 rings (SSSR count). The minimum atomic E-state index is -4.20. The van der Waals surface area contributed by atoms with Crippen LogP contribution in [0.25, 0.3) is 0 Å². The smallest absolute Gasteiger partial charge is 0.339 e. The summed E-state index contributed by atoms with van der Waals surface area (Å²) < 4.78 is 37.8. The molecule has 0 bridgehead atoms. The lowest BCUT2D eigenvalue weighted by Crippen LogP contribution is -2.57. The fourth-order valence-corrected chi connectivity index (χ4v) is 2.65. The summed E-state index contributed by atoms with van der Waals surface area (Å²) in [5.41, 5.74) is 0. The van der Waals surface area contributed by atoms with Gasteiger partial charge in [0.1, 0.15) is 6.04 Å². The van der Waals surface area contributed by atoms with Crippen molar-refractivity contribution in [2.24, 2.45) is 0 Å². The van der Waals surface area contributed by atoms with Crippen LogP contribution in [0.3, 0.4) is 0 Å². The van der Waals surface area contributed by atoms with E-state index in [0.29, 0.717) is 26.2 Å². The minimum absolute atomic E-state index is 0.0387. The maximum absolute atomic E-state index is 12.6. The molecule has 1 amide bonds. The lowest BCUT2D eigenvalue weighted by molar-refractivity contribution is -0.183. The number of nitrogens with zero attached hydrogens (tertiary/aromatic N) is 2. The van der Waals surface area contributed by atoms with Gasteiger partial charge in [-0.05, 0) is 26.3 Å². The third-order valence-electron chi connectivity index (χ3n) is 4.01. The van der Waals surface area contributed by atoms with E-state index in [1.54, 1.807) is 4.90 Å². The Morgan fingerprint density at radius 2 is 1.89 bits per heavy atom. The highest BCUT2D eigenvalue weighted by molar-refractivity contribution is 5.82. The predicted octanol–water partition coefficient (Wildman–Crippen LogP) is 0.833. The van der Waals surface area contributed by atoms with Gasteiger partial charge in [0, 0.05) is 26.2 Å². The highest BCUT2D eigenvalue weighted by Crippen LogP contribution is 2.25. The second-order valence-corrected chi connectivity index (χ2v) is 5.23. The van der Waals surface area contributed by atoms with E-state index in [0.717, 1.165) is 19.4 Å². The van der Waals surface area contributed by atoms with Crippen LogP contribution in [-0.4, -0.2) is 66.7 Å². The third-order valence-corrected chi connectivity index (χ3v) is 4.01. The van der Waals surface area contributed by atoms with Crippen molar-refractivity contribution >= 4 is 5.91 Å². The zero-order valence-electron chi connectivity index (χ0n) is 11.0. The van der Waals surface area contributed by atoms with E-state index in [-0.39, 0.29) is 11.9 Å². The summed E-state index contributed by atoms with van der Waals surface area (Å²) >= 11 is 0. The molecule has 110 valence electrons. The standard InChI is InChI=1S/C12H20F3N3O/c1-9(12(13,14)15)17-5-7-18(8-6-17)11(19)10-3-2-4-16-10/h9-10,16H,2-8H2,1H3. The van der Waals surface area contributed by atoms with Gasteiger partial charge in [-0.25, -0.2) is 0 Å². The van der Waals surface area contributed by atoms with Crippen molar-refractivity contribution in [1.29, 1.82) is 0 Å². The molecule has 0 saturated carbocycles. The van der Waals surface area contributed by atoms with Crippen molar-refractivity contribution in [2.45, 2.75) is 38.0 Å². The van der Waals surface area contributed by atoms with Gasteiger partial charge in [-0.3, -0.25) is 9.69 Å². The van der Waals surface area contributed by atoms with E-state index in [9.17, 15) is 18.0 Å². The normalized spacial score (nSPS) is 27.6. The Labute approximate surface area is 110 Å². The molecule has 2 aliphatic heterocycles. The summed E-state index contributed by atoms with van der Waals surface area (Å²) in [6, 6.07) is -1.57. The van der Waals surface area contributed by atoms with Crippen molar-refractivity contribution in [1.82, 2.24) is 15.1 Å². The molecule has 0 aromatic rings. The average molecular weight is 279 g/mol. The molecular formula is C12H20F3N3O. The van der Waals surface area contributed by atoms with Gasteiger partial charge in [-0.2, -0.15) is 13.2 Å². The number of piperazine rings is 1. The first kappa shape index (κ1) is 14.6. The summed E-state index contributed by atoms with van der Waals surface area (Å²) in [6.45, 7) is 3.38. The molecule has 0 radical (unpaired) electrons. The van der Waals surface area contributed by atoms with Crippen molar-refractivity contribution < 1.29 is 18.0 Å². The van der Waals surface area contributed by atoms with E-state index in [1.165, 1.54) is 11.8 Å². The number of carbonyl (C=O) groups excluding carboxylic acids is 1. The Bertz CT molecular complexity index is 321. The Balaban J connectivity index is 1.83. The van der Waals surface area contributed by atoms with Gasteiger partial charge in [0.15, 0.2) is 0 Å². The van der Waals surface area contributed by atoms with Gasteiger partial charge in [0.05, 0.1) is 6.04 Å². The monoisotopic (exact) mass is 279 g/mol. The van der Waals surface area contributed by atoms with Crippen LogP contribution in [-0.2, 0) is 4.79 Å². The van der Waals surface area contributed by atoms with Crippen LogP contribution in [0.1, 0.15) is 19.8 Å². The lowest BCUT2D eigenvalue weighted by atomic mass is 10.1.